The van der Waals surface area contributed by atoms with Crippen LogP contribution in [0, 0.1) is 0 Å². The van der Waals surface area contributed by atoms with Gasteiger partial charge in [0.1, 0.15) is 6.04 Å². The lowest BCUT2D eigenvalue weighted by atomic mass is 10.1. The van der Waals surface area contributed by atoms with Crippen molar-refractivity contribution in [1.82, 2.24) is 20.8 Å². The lowest BCUT2D eigenvalue weighted by Crippen LogP contribution is -2.45. The number of carbonyl (C=O) groups is 2. The smallest absolute Gasteiger partial charge is 0.273 e. The van der Waals surface area contributed by atoms with Gasteiger partial charge < -0.3 is 16.4 Å². The first-order valence-electron chi connectivity index (χ1n) is 6.89. The van der Waals surface area contributed by atoms with Crippen LogP contribution in [0.5, 0.6) is 0 Å². The number of nitrogen functional groups attached to an aromatic ring is 1. The van der Waals surface area contributed by atoms with Gasteiger partial charge in [0.2, 0.25) is 5.91 Å². The van der Waals surface area contributed by atoms with E-state index in [2.05, 4.69) is 20.8 Å². The Hall–Kier alpha value is -2.57. The zero-order chi connectivity index (χ0) is 15.0. The molecular formula is C14H17N5O2. The van der Waals surface area contributed by atoms with Crippen LogP contribution in [0.15, 0.2) is 18.2 Å². The Labute approximate surface area is 121 Å². The summed E-state index contributed by atoms with van der Waals surface area (Å²) in [4.78, 5) is 24.1. The van der Waals surface area contributed by atoms with E-state index in [-0.39, 0.29) is 17.6 Å². The number of anilines is 1. The molecule has 1 saturated carbocycles. The molecule has 1 aliphatic carbocycles. The molecule has 2 aromatic rings. The van der Waals surface area contributed by atoms with Gasteiger partial charge in [-0.3, -0.25) is 14.7 Å². The number of nitrogens with two attached hydrogens (primary N) is 1. The third-order valence-corrected chi connectivity index (χ3v) is 3.47. The monoisotopic (exact) mass is 287 g/mol. The predicted octanol–water partition coefficient (Wildman–Crippen LogP) is 0.542. The molecule has 1 unspecified atom stereocenters. The van der Waals surface area contributed by atoms with Crippen LogP contribution in [0.25, 0.3) is 10.9 Å². The number of hydrogen-bond donors (Lipinski definition) is 4. The van der Waals surface area contributed by atoms with Gasteiger partial charge in [0, 0.05) is 17.1 Å². The Kier molecular flexibility index (Phi) is 3.25. The average Bonchev–Trinajstić information content (AvgIpc) is 3.15. The summed E-state index contributed by atoms with van der Waals surface area (Å²) in [5.74, 6) is -0.574. The number of carbonyl (C=O) groups excluding carboxylic acids is 2. The molecule has 3 rings (SSSR count). The largest absolute Gasteiger partial charge is 0.399 e. The fourth-order valence-corrected chi connectivity index (χ4v) is 2.09. The first-order chi connectivity index (χ1) is 10.0. The highest BCUT2D eigenvalue weighted by molar-refractivity contribution is 6.06. The molecule has 7 nitrogen and oxygen atoms in total. The van der Waals surface area contributed by atoms with E-state index < -0.39 is 11.9 Å². The molecule has 0 radical (unpaired) electrons. The number of H-pyrrole nitrogens is 1. The van der Waals surface area contributed by atoms with Crippen LogP contribution in [-0.2, 0) is 4.79 Å². The molecular weight excluding hydrogens is 270 g/mol. The molecule has 0 bridgehead atoms. The van der Waals surface area contributed by atoms with Gasteiger partial charge >= 0.3 is 0 Å². The van der Waals surface area contributed by atoms with Gasteiger partial charge in [-0.1, -0.05) is 0 Å². The molecule has 0 aliphatic heterocycles. The van der Waals surface area contributed by atoms with E-state index in [1.165, 1.54) is 0 Å². The van der Waals surface area contributed by atoms with Crippen molar-refractivity contribution in [2.75, 3.05) is 5.73 Å². The topological polar surface area (TPSA) is 113 Å². The number of aromatic nitrogens is 2. The SMILES string of the molecule is CC(NC(=O)c1n[nH]c2ccc(N)cc12)C(=O)NC1CC1. The molecule has 5 N–H and O–H groups in total. The summed E-state index contributed by atoms with van der Waals surface area (Å²) in [6.07, 6.45) is 2.02. The third-order valence-electron chi connectivity index (χ3n) is 3.47. The van der Waals surface area contributed by atoms with Crippen molar-refractivity contribution in [3.63, 3.8) is 0 Å². The molecule has 21 heavy (non-hydrogen) atoms. The first kappa shape index (κ1) is 13.4. The standard InChI is InChI=1S/C14H17N5O2/c1-7(13(20)17-9-3-4-9)16-14(21)12-10-6-8(15)2-5-11(10)18-19-12/h2,5-7,9H,3-4,15H2,1H3,(H,16,21)(H,17,20)(H,18,19). The average molecular weight is 287 g/mol. The second-order valence-corrected chi connectivity index (χ2v) is 5.36. The molecule has 0 spiro atoms. The molecule has 1 aromatic heterocycles. The van der Waals surface area contributed by atoms with Crippen molar-refractivity contribution in [3.05, 3.63) is 23.9 Å². The van der Waals surface area contributed by atoms with Crippen molar-refractivity contribution < 1.29 is 9.59 Å². The number of amides is 2. The van der Waals surface area contributed by atoms with Crippen molar-refractivity contribution in [1.29, 1.82) is 0 Å². The van der Waals surface area contributed by atoms with E-state index in [4.69, 9.17) is 5.73 Å². The highest BCUT2D eigenvalue weighted by Gasteiger charge is 2.27. The summed E-state index contributed by atoms with van der Waals surface area (Å²) in [6, 6.07) is 4.84. The van der Waals surface area contributed by atoms with E-state index >= 15 is 0 Å². The van der Waals surface area contributed by atoms with Crippen LogP contribution >= 0.6 is 0 Å². The van der Waals surface area contributed by atoms with Crippen LogP contribution in [0.4, 0.5) is 5.69 Å². The highest BCUT2D eigenvalue weighted by Crippen LogP contribution is 2.20. The Morgan fingerprint density at radius 2 is 2.19 bits per heavy atom. The summed E-state index contributed by atoms with van der Waals surface area (Å²) < 4.78 is 0. The lowest BCUT2D eigenvalue weighted by Gasteiger charge is -2.13. The van der Waals surface area contributed by atoms with Crippen molar-refractivity contribution in [3.8, 4) is 0 Å². The van der Waals surface area contributed by atoms with Crippen molar-refractivity contribution >= 4 is 28.4 Å². The Balaban J connectivity index is 1.74. The molecule has 2 amide bonds. The number of nitrogens with one attached hydrogen (secondary N) is 3. The fourth-order valence-electron chi connectivity index (χ4n) is 2.09. The molecule has 1 aromatic carbocycles. The lowest BCUT2D eigenvalue weighted by molar-refractivity contribution is -0.122. The summed E-state index contributed by atoms with van der Waals surface area (Å²) in [6.45, 7) is 1.65. The Bertz CT molecular complexity index is 704. The maximum Gasteiger partial charge on any atom is 0.273 e. The normalized spacial score (nSPS) is 15.7. The van der Waals surface area contributed by atoms with Crippen LogP contribution in [0.3, 0.4) is 0 Å². The minimum absolute atomic E-state index is 0.176. The molecule has 7 heteroatoms. The molecule has 1 heterocycles. The van der Waals surface area contributed by atoms with E-state index in [0.717, 1.165) is 18.4 Å². The van der Waals surface area contributed by atoms with Gasteiger partial charge in [-0.05, 0) is 38.0 Å². The number of rotatable bonds is 4. The van der Waals surface area contributed by atoms with E-state index in [1.807, 2.05) is 0 Å². The third kappa shape index (κ3) is 2.81. The fraction of sp³-hybridized carbons (Fsp3) is 0.357. The zero-order valence-corrected chi connectivity index (χ0v) is 11.6. The summed E-state index contributed by atoms with van der Waals surface area (Å²) in [5, 5.41) is 12.9. The molecule has 0 saturated heterocycles. The number of hydrogen-bond acceptors (Lipinski definition) is 4. The maximum atomic E-state index is 12.2. The maximum absolute atomic E-state index is 12.2. The van der Waals surface area contributed by atoms with E-state index in [1.54, 1.807) is 25.1 Å². The van der Waals surface area contributed by atoms with Crippen LogP contribution in [-0.4, -0.2) is 34.1 Å². The Morgan fingerprint density at radius 3 is 2.90 bits per heavy atom. The van der Waals surface area contributed by atoms with Crippen LogP contribution < -0.4 is 16.4 Å². The van der Waals surface area contributed by atoms with Gasteiger partial charge in [0.05, 0.1) is 5.52 Å². The molecule has 1 atom stereocenters. The van der Waals surface area contributed by atoms with Gasteiger partial charge in [-0.25, -0.2) is 0 Å². The number of fused-ring (bicyclic) bond motifs is 1. The van der Waals surface area contributed by atoms with E-state index in [0.29, 0.717) is 11.1 Å². The number of benzene rings is 1. The van der Waals surface area contributed by atoms with Crippen LogP contribution in [0.2, 0.25) is 0 Å². The number of aromatic amines is 1. The molecule has 1 aliphatic rings. The summed E-state index contributed by atoms with van der Waals surface area (Å²) in [5.41, 5.74) is 7.24. The second kappa shape index (κ2) is 5.08. The van der Waals surface area contributed by atoms with Gasteiger partial charge in [-0.15, -0.1) is 0 Å². The molecule has 110 valence electrons. The number of nitrogens with zero attached hydrogens (tertiary/aromatic N) is 1. The van der Waals surface area contributed by atoms with Gasteiger partial charge in [0.15, 0.2) is 5.69 Å². The minimum atomic E-state index is -0.606. The summed E-state index contributed by atoms with van der Waals surface area (Å²) in [7, 11) is 0. The summed E-state index contributed by atoms with van der Waals surface area (Å²) >= 11 is 0. The second-order valence-electron chi connectivity index (χ2n) is 5.36. The highest BCUT2D eigenvalue weighted by atomic mass is 16.2. The first-order valence-corrected chi connectivity index (χ1v) is 6.89. The van der Waals surface area contributed by atoms with Gasteiger partial charge in [-0.2, -0.15) is 5.10 Å². The predicted molar refractivity (Wildman–Crippen MR) is 78.6 cm³/mol. The van der Waals surface area contributed by atoms with Gasteiger partial charge in [0.25, 0.3) is 5.91 Å². The van der Waals surface area contributed by atoms with Crippen molar-refractivity contribution in [2.24, 2.45) is 0 Å². The molecule has 1 fully saturated rings. The van der Waals surface area contributed by atoms with E-state index in [9.17, 15) is 9.59 Å². The zero-order valence-electron chi connectivity index (χ0n) is 11.6. The van der Waals surface area contributed by atoms with Crippen LogP contribution in [0.1, 0.15) is 30.3 Å². The Morgan fingerprint density at radius 1 is 1.43 bits per heavy atom. The minimum Gasteiger partial charge on any atom is -0.399 e. The quantitative estimate of drug-likeness (QED) is 0.615. The van der Waals surface area contributed by atoms with Crippen molar-refractivity contribution in [2.45, 2.75) is 31.8 Å².